The fraction of sp³-hybridized carbons (Fsp3) is 0.571. The van der Waals surface area contributed by atoms with E-state index >= 15 is 0 Å². The molecule has 3 heteroatoms. The smallest absolute Gasteiger partial charge is 0.161 e. The molecule has 0 saturated carbocycles. The standard InChI is InChI=1S/C14H23NO2/c1-5-17-12-7-6-11(10-13(12)16-4)14(2,3)8-9-15/h6-7,10H,5,8-9,15H2,1-4H3. The van der Waals surface area contributed by atoms with E-state index in [1.165, 1.54) is 5.56 Å². The lowest BCUT2D eigenvalue weighted by molar-refractivity contribution is 0.310. The fourth-order valence-corrected chi connectivity index (χ4v) is 1.87. The summed E-state index contributed by atoms with van der Waals surface area (Å²) in [5, 5.41) is 0. The van der Waals surface area contributed by atoms with Crippen LogP contribution >= 0.6 is 0 Å². The van der Waals surface area contributed by atoms with Crippen molar-refractivity contribution in [1.82, 2.24) is 0 Å². The van der Waals surface area contributed by atoms with Crippen molar-refractivity contribution < 1.29 is 9.47 Å². The maximum Gasteiger partial charge on any atom is 0.161 e. The van der Waals surface area contributed by atoms with E-state index in [-0.39, 0.29) is 5.41 Å². The Hall–Kier alpha value is -1.22. The van der Waals surface area contributed by atoms with E-state index in [9.17, 15) is 0 Å². The molecule has 1 rings (SSSR count). The van der Waals surface area contributed by atoms with Crippen LogP contribution in [0.3, 0.4) is 0 Å². The van der Waals surface area contributed by atoms with Gasteiger partial charge in [0.15, 0.2) is 11.5 Å². The van der Waals surface area contributed by atoms with Crippen LogP contribution in [0.15, 0.2) is 18.2 Å². The molecule has 0 aliphatic carbocycles. The number of hydrogen-bond acceptors (Lipinski definition) is 3. The number of hydrogen-bond donors (Lipinski definition) is 1. The van der Waals surface area contributed by atoms with Gasteiger partial charge in [-0.05, 0) is 43.0 Å². The molecule has 0 unspecified atom stereocenters. The average Bonchev–Trinajstić information content (AvgIpc) is 2.29. The lowest BCUT2D eigenvalue weighted by Gasteiger charge is -2.25. The van der Waals surface area contributed by atoms with Crippen LogP contribution in [0.1, 0.15) is 32.8 Å². The molecule has 0 atom stereocenters. The minimum absolute atomic E-state index is 0.0623. The zero-order valence-corrected chi connectivity index (χ0v) is 11.2. The van der Waals surface area contributed by atoms with E-state index in [0.717, 1.165) is 17.9 Å². The van der Waals surface area contributed by atoms with E-state index in [2.05, 4.69) is 19.9 Å². The number of ether oxygens (including phenoxy) is 2. The Labute approximate surface area is 104 Å². The molecule has 0 saturated heterocycles. The van der Waals surface area contributed by atoms with Gasteiger partial charge in [-0.25, -0.2) is 0 Å². The topological polar surface area (TPSA) is 44.5 Å². The minimum Gasteiger partial charge on any atom is -0.493 e. The number of benzene rings is 1. The van der Waals surface area contributed by atoms with E-state index in [0.29, 0.717) is 13.2 Å². The normalized spacial score (nSPS) is 11.4. The fourth-order valence-electron chi connectivity index (χ4n) is 1.87. The van der Waals surface area contributed by atoms with Gasteiger partial charge in [-0.3, -0.25) is 0 Å². The summed E-state index contributed by atoms with van der Waals surface area (Å²) < 4.78 is 10.9. The maximum atomic E-state index is 5.64. The van der Waals surface area contributed by atoms with Gasteiger partial charge in [0.05, 0.1) is 13.7 Å². The SMILES string of the molecule is CCOc1ccc(C(C)(C)CCN)cc1OC. The third kappa shape index (κ3) is 3.37. The van der Waals surface area contributed by atoms with Crippen molar-refractivity contribution >= 4 is 0 Å². The van der Waals surface area contributed by atoms with Gasteiger partial charge in [-0.1, -0.05) is 19.9 Å². The summed E-state index contributed by atoms with van der Waals surface area (Å²) in [6.07, 6.45) is 0.949. The van der Waals surface area contributed by atoms with Crippen molar-refractivity contribution in [2.24, 2.45) is 5.73 Å². The molecule has 0 radical (unpaired) electrons. The molecule has 0 aliphatic heterocycles. The van der Waals surface area contributed by atoms with Crippen LogP contribution in [0, 0.1) is 0 Å². The highest BCUT2D eigenvalue weighted by Crippen LogP contribution is 2.34. The molecule has 0 fully saturated rings. The number of rotatable bonds is 6. The monoisotopic (exact) mass is 237 g/mol. The van der Waals surface area contributed by atoms with Gasteiger partial charge in [0.25, 0.3) is 0 Å². The first-order chi connectivity index (χ1) is 8.05. The number of methoxy groups -OCH3 is 1. The molecular formula is C14H23NO2. The van der Waals surface area contributed by atoms with E-state index in [1.54, 1.807) is 7.11 Å². The van der Waals surface area contributed by atoms with Crippen LogP contribution in [-0.2, 0) is 5.41 Å². The Balaban J connectivity index is 3.04. The molecule has 0 spiro atoms. The largest absolute Gasteiger partial charge is 0.493 e. The van der Waals surface area contributed by atoms with Crippen LogP contribution in [0.2, 0.25) is 0 Å². The zero-order chi connectivity index (χ0) is 12.9. The summed E-state index contributed by atoms with van der Waals surface area (Å²) in [5.74, 6) is 1.58. The molecule has 96 valence electrons. The van der Waals surface area contributed by atoms with Gasteiger partial charge in [0, 0.05) is 0 Å². The molecule has 2 N–H and O–H groups in total. The molecule has 0 bridgehead atoms. The van der Waals surface area contributed by atoms with Crippen molar-refractivity contribution in [3.63, 3.8) is 0 Å². The Kier molecular flexibility index (Phi) is 4.82. The summed E-state index contributed by atoms with van der Waals surface area (Å²) in [6, 6.07) is 6.10. The predicted octanol–water partition coefficient (Wildman–Crippen LogP) is 2.72. The molecule has 0 heterocycles. The first kappa shape index (κ1) is 13.8. The first-order valence-corrected chi connectivity index (χ1v) is 6.06. The summed E-state index contributed by atoms with van der Waals surface area (Å²) in [4.78, 5) is 0. The molecule has 1 aromatic carbocycles. The Morgan fingerprint density at radius 3 is 2.47 bits per heavy atom. The van der Waals surface area contributed by atoms with Gasteiger partial charge in [0.2, 0.25) is 0 Å². The number of nitrogens with two attached hydrogens (primary N) is 1. The molecular weight excluding hydrogens is 214 g/mol. The van der Waals surface area contributed by atoms with Gasteiger partial charge >= 0.3 is 0 Å². The summed E-state index contributed by atoms with van der Waals surface area (Å²) in [7, 11) is 1.66. The second kappa shape index (κ2) is 5.92. The molecule has 17 heavy (non-hydrogen) atoms. The molecule has 0 aromatic heterocycles. The Morgan fingerprint density at radius 2 is 1.94 bits per heavy atom. The van der Waals surface area contributed by atoms with Crippen molar-refractivity contribution in [3.05, 3.63) is 23.8 Å². The Bertz CT molecular complexity index is 361. The lowest BCUT2D eigenvalue weighted by Crippen LogP contribution is -2.21. The van der Waals surface area contributed by atoms with Crippen molar-refractivity contribution in [3.8, 4) is 11.5 Å². The van der Waals surface area contributed by atoms with Crippen molar-refractivity contribution in [2.75, 3.05) is 20.3 Å². The van der Waals surface area contributed by atoms with Gasteiger partial charge in [-0.15, -0.1) is 0 Å². The predicted molar refractivity (Wildman–Crippen MR) is 70.9 cm³/mol. The van der Waals surface area contributed by atoms with Gasteiger partial charge in [0.1, 0.15) is 0 Å². The van der Waals surface area contributed by atoms with Crippen molar-refractivity contribution in [2.45, 2.75) is 32.6 Å². The summed E-state index contributed by atoms with van der Waals surface area (Å²) in [6.45, 7) is 7.67. The summed E-state index contributed by atoms with van der Waals surface area (Å²) in [5.41, 5.74) is 6.93. The molecule has 0 aliphatic rings. The zero-order valence-electron chi connectivity index (χ0n) is 11.2. The highest BCUT2D eigenvalue weighted by atomic mass is 16.5. The van der Waals surface area contributed by atoms with Crippen LogP contribution in [0.25, 0.3) is 0 Å². The highest BCUT2D eigenvalue weighted by Gasteiger charge is 2.21. The first-order valence-electron chi connectivity index (χ1n) is 6.06. The molecule has 1 aromatic rings. The van der Waals surface area contributed by atoms with E-state index < -0.39 is 0 Å². The third-order valence-corrected chi connectivity index (χ3v) is 3.01. The average molecular weight is 237 g/mol. The molecule has 0 amide bonds. The van der Waals surface area contributed by atoms with Crippen LogP contribution < -0.4 is 15.2 Å². The van der Waals surface area contributed by atoms with Crippen molar-refractivity contribution in [1.29, 1.82) is 0 Å². The minimum atomic E-state index is 0.0623. The highest BCUT2D eigenvalue weighted by molar-refractivity contribution is 5.45. The quantitative estimate of drug-likeness (QED) is 0.827. The third-order valence-electron chi connectivity index (χ3n) is 3.01. The Morgan fingerprint density at radius 1 is 1.24 bits per heavy atom. The second-order valence-corrected chi connectivity index (χ2v) is 4.72. The van der Waals surface area contributed by atoms with Crippen LogP contribution in [0.5, 0.6) is 11.5 Å². The van der Waals surface area contributed by atoms with Gasteiger partial charge in [-0.2, -0.15) is 0 Å². The second-order valence-electron chi connectivity index (χ2n) is 4.72. The van der Waals surface area contributed by atoms with E-state index in [1.807, 2.05) is 19.1 Å². The molecule has 3 nitrogen and oxygen atoms in total. The van der Waals surface area contributed by atoms with E-state index in [4.69, 9.17) is 15.2 Å². The van der Waals surface area contributed by atoms with Crippen LogP contribution in [-0.4, -0.2) is 20.3 Å². The van der Waals surface area contributed by atoms with Crippen LogP contribution in [0.4, 0.5) is 0 Å². The van der Waals surface area contributed by atoms with Gasteiger partial charge < -0.3 is 15.2 Å². The lowest BCUT2D eigenvalue weighted by atomic mass is 9.81. The maximum absolute atomic E-state index is 5.64. The summed E-state index contributed by atoms with van der Waals surface area (Å²) >= 11 is 0.